The number of nitrogens with one attached hydrogen (secondary N) is 1. The molecule has 0 radical (unpaired) electrons. The molecule has 3 rings (SSSR count). The van der Waals surface area contributed by atoms with Crippen LogP contribution in [0, 0.1) is 18.7 Å². The molecule has 2 heterocycles. The van der Waals surface area contributed by atoms with Gasteiger partial charge in [0.25, 0.3) is 0 Å². The van der Waals surface area contributed by atoms with Gasteiger partial charge in [-0.15, -0.1) is 0 Å². The average Bonchev–Trinajstić information content (AvgIpc) is 3.09. The lowest BCUT2D eigenvalue weighted by Crippen LogP contribution is -2.35. The molecule has 1 unspecified atom stereocenters. The number of hydrogen-bond donors (Lipinski definition) is 1. The number of benzene rings is 1. The summed E-state index contributed by atoms with van der Waals surface area (Å²) in [5.74, 6) is -0.512. The number of carbonyl (C=O) groups is 2. The second kappa shape index (κ2) is 6.08. The SMILES string of the molecule is Cc1ccc(N2CC(C(=O)NC3=NCCS3)CC2=O)c(F)c1. The number of aliphatic imine (C=N–C) groups is 1. The van der Waals surface area contributed by atoms with Crippen molar-refractivity contribution >= 4 is 34.4 Å². The lowest BCUT2D eigenvalue weighted by Gasteiger charge is -2.17. The molecule has 1 atom stereocenters. The van der Waals surface area contributed by atoms with Crippen LogP contribution in [0.15, 0.2) is 23.2 Å². The quantitative estimate of drug-likeness (QED) is 0.902. The molecule has 5 nitrogen and oxygen atoms in total. The van der Waals surface area contributed by atoms with Gasteiger partial charge in [-0.25, -0.2) is 4.39 Å². The van der Waals surface area contributed by atoms with Crippen molar-refractivity contribution in [3.05, 3.63) is 29.6 Å². The Morgan fingerprint density at radius 1 is 1.50 bits per heavy atom. The fourth-order valence-corrected chi connectivity index (χ4v) is 3.30. The molecule has 0 aliphatic carbocycles. The predicted octanol–water partition coefficient (Wildman–Crippen LogP) is 1.71. The molecular weight excluding hydrogens is 305 g/mol. The molecule has 1 saturated heterocycles. The van der Waals surface area contributed by atoms with Crippen molar-refractivity contribution in [3.8, 4) is 0 Å². The van der Waals surface area contributed by atoms with Gasteiger partial charge in [-0.3, -0.25) is 14.6 Å². The molecule has 1 N–H and O–H groups in total. The Morgan fingerprint density at radius 2 is 2.32 bits per heavy atom. The van der Waals surface area contributed by atoms with Gasteiger partial charge in [0.15, 0.2) is 5.17 Å². The highest BCUT2D eigenvalue weighted by molar-refractivity contribution is 8.14. The fourth-order valence-electron chi connectivity index (χ4n) is 2.57. The van der Waals surface area contributed by atoms with Crippen molar-refractivity contribution in [3.63, 3.8) is 0 Å². The summed E-state index contributed by atoms with van der Waals surface area (Å²) in [5.41, 5.74) is 1.02. The van der Waals surface area contributed by atoms with Gasteiger partial charge in [-0.05, 0) is 24.6 Å². The summed E-state index contributed by atoms with van der Waals surface area (Å²) >= 11 is 1.49. The second-order valence-electron chi connectivity index (χ2n) is 5.38. The predicted molar refractivity (Wildman–Crippen MR) is 84.5 cm³/mol. The molecule has 1 fully saturated rings. The van der Waals surface area contributed by atoms with Crippen molar-refractivity contribution in [2.24, 2.45) is 10.9 Å². The minimum Gasteiger partial charge on any atom is -0.309 e. The molecule has 1 aromatic rings. The Hall–Kier alpha value is -1.89. The molecule has 2 aliphatic heterocycles. The molecule has 1 aromatic carbocycles. The summed E-state index contributed by atoms with van der Waals surface area (Å²) in [7, 11) is 0. The van der Waals surface area contributed by atoms with E-state index in [2.05, 4.69) is 10.3 Å². The minimum atomic E-state index is -0.475. The maximum absolute atomic E-state index is 14.0. The summed E-state index contributed by atoms with van der Waals surface area (Å²) in [6.45, 7) is 2.68. The highest BCUT2D eigenvalue weighted by atomic mass is 32.2. The Bertz CT molecular complexity index is 662. The third kappa shape index (κ3) is 2.99. The largest absolute Gasteiger partial charge is 0.309 e. The number of carbonyl (C=O) groups excluding carboxylic acids is 2. The lowest BCUT2D eigenvalue weighted by molar-refractivity contribution is -0.125. The van der Waals surface area contributed by atoms with E-state index in [4.69, 9.17) is 0 Å². The molecule has 116 valence electrons. The van der Waals surface area contributed by atoms with E-state index >= 15 is 0 Å². The van der Waals surface area contributed by atoms with Crippen LogP contribution >= 0.6 is 11.8 Å². The normalized spacial score (nSPS) is 21.2. The van der Waals surface area contributed by atoms with Crippen LogP contribution in [0.3, 0.4) is 0 Å². The average molecular weight is 321 g/mol. The number of rotatable bonds is 2. The minimum absolute atomic E-state index is 0.0943. The van der Waals surface area contributed by atoms with Crippen LogP contribution in [0.2, 0.25) is 0 Å². The molecule has 2 aliphatic rings. The Labute approximate surface area is 132 Å². The van der Waals surface area contributed by atoms with Crippen molar-refractivity contribution in [1.29, 1.82) is 0 Å². The van der Waals surface area contributed by atoms with Gasteiger partial charge in [0.05, 0.1) is 18.2 Å². The number of halogens is 1. The zero-order valence-electron chi connectivity index (χ0n) is 12.1. The first-order valence-corrected chi connectivity index (χ1v) is 8.08. The van der Waals surface area contributed by atoms with Crippen molar-refractivity contribution in [2.45, 2.75) is 13.3 Å². The highest BCUT2D eigenvalue weighted by Gasteiger charge is 2.36. The van der Waals surface area contributed by atoms with Gasteiger partial charge < -0.3 is 10.2 Å². The molecule has 22 heavy (non-hydrogen) atoms. The monoisotopic (exact) mass is 321 g/mol. The first kappa shape index (κ1) is 15.0. The number of amidine groups is 1. The van der Waals surface area contributed by atoms with Gasteiger partial charge in [0.1, 0.15) is 5.82 Å². The van der Waals surface area contributed by atoms with Crippen LogP contribution in [0.25, 0.3) is 0 Å². The number of hydrogen-bond acceptors (Lipinski definition) is 4. The number of thioether (sulfide) groups is 1. The molecule has 0 saturated carbocycles. The smallest absolute Gasteiger partial charge is 0.231 e. The molecular formula is C15H16FN3O2S. The van der Waals surface area contributed by atoms with Crippen LogP contribution in [0.4, 0.5) is 10.1 Å². The van der Waals surface area contributed by atoms with E-state index in [0.717, 1.165) is 11.3 Å². The third-order valence-electron chi connectivity index (χ3n) is 3.71. The Morgan fingerprint density at radius 3 is 3.00 bits per heavy atom. The van der Waals surface area contributed by atoms with Gasteiger partial charge in [0.2, 0.25) is 11.8 Å². The van der Waals surface area contributed by atoms with Crippen LogP contribution in [0.1, 0.15) is 12.0 Å². The van der Waals surface area contributed by atoms with Crippen LogP contribution in [-0.2, 0) is 9.59 Å². The van der Waals surface area contributed by atoms with E-state index in [0.29, 0.717) is 11.7 Å². The zero-order valence-corrected chi connectivity index (χ0v) is 13.0. The maximum atomic E-state index is 14.0. The number of nitrogens with zero attached hydrogens (tertiary/aromatic N) is 2. The van der Waals surface area contributed by atoms with Gasteiger partial charge >= 0.3 is 0 Å². The van der Waals surface area contributed by atoms with E-state index < -0.39 is 11.7 Å². The molecule has 0 spiro atoms. The zero-order chi connectivity index (χ0) is 15.7. The Balaban J connectivity index is 1.71. The van der Waals surface area contributed by atoms with Crippen molar-refractivity contribution in [1.82, 2.24) is 5.32 Å². The van der Waals surface area contributed by atoms with Gasteiger partial charge in [0, 0.05) is 18.7 Å². The maximum Gasteiger partial charge on any atom is 0.231 e. The van der Waals surface area contributed by atoms with E-state index in [1.807, 2.05) is 0 Å². The van der Waals surface area contributed by atoms with Gasteiger partial charge in [-0.2, -0.15) is 0 Å². The first-order valence-electron chi connectivity index (χ1n) is 7.09. The summed E-state index contributed by atoms with van der Waals surface area (Å²) in [6.07, 6.45) is 0.0943. The third-order valence-corrected chi connectivity index (χ3v) is 4.60. The summed E-state index contributed by atoms with van der Waals surface area (Å²) in [5, 5.41) is 3.35. The molecule has 0 aromatic heterocycles. The van der Waals surface area contributed by atoms with Crippen LogP contribution in [0.5, 0.6) is 0 Å². The topological polar surface area (TPSA) is 61.8 Å². The first-order chi connectivity index (χ1) is 10.5. The number of aryl methyl sites for hydroxylation is 1. The summed E-state index contributed by atoms with van der Waals surface area (Å²) < 4.78 is 14.0. The van der Waals surface area contributed by atoms with E-state index in [1.54, 1.807) is 19.1 Å². The summed E-state index contributed by atoms with van der Waals surface area (Å²) in [4.78, 5) is 29.8. The van der Waals surface area contributed by atoms with Gasteiger partial charge in [-0.1, -0.05) is 17.8 Å². The molecule has 7 heteroatoms. The van der Waals surface area contributed by atoms with E-state index in [1.165, 1.54) is 22.7 Å². The Kier molecular flexibility index (Phi) is 4.15. The van der Waals surface area contributed by atoms with Crippen LogP contribution in [-0.4, -0.2) is 35.8 Å². The number of amides is 2. The van der Waals surface area contributed by atoms with E-state index in [-0.39, 0.29) is 30.5 Å². The molecule has 0 bridgehead atoms. The lowest BCUT2D eigenvalue weighted by atomic mass is 10.1. The summed E-state index contributed by atoms with van der Waals surface area (Å²) in [6, 6.07) is 4.72. The highest BCUT2D eigenvalue weighted by Crippen LogP contribution is 2.28. The second-order valence-corrected chi connectivity index (χ2v) is 6.47. The van der Waals surface area contributed by atoms with E-state index in [9.17, 15) is 14.0 Å². The standard InChI is InChI=1S/C15H16FN3O2S/c1-9-2-3-12(11(16)6-9)19-8-10(7-13(19)20)14(21)18-15-17-4-5-22-15/h2-3,6,10H,4-5,7-8H2,1H3,(H,17,18,21). The van der Waals surface area contributed by atoms with Crippen molar-refractivity contribution < 1.29 is 14.0 Å². The fraction of sp³-hybridized carbons (Fsp3) is 0.400. The van der Waals surface area contributed by atoms with Crippen LogP contribution < -0.4 is 10.2 Å². The van der Waals surface area contributed by atoms with Crippen molar-refractivity contribution in [2.75, 3.05) is 23.7 Å². The number of anilines is 1. The molecule has 2 amide bonds.